The van der Waals surface area contributed by atoms with Gasteiger partial charge in [-0.05, 0) is 41.5 Å². The Morgan fingerprint density at radius 3 is 2.59 bits per heavy atom. The summed E-state index contributed by atoms with van der Waals surface area (Å²) >= 11 is 8.27. The van der Waals surface area contributed by atoms with Crippen LogP contribution in [-0.2, 0) is 6.42 Å². The molecule has 0 saturated carbocycles. The highest BCUT2D eigenvalue weighted by atomic mass is 127. The fraction of sp³-hybridized carbons (Fsp3) is 0.231. The summed E-state index contributed by atoms with van der Waals surface area (Å²) in [4.78, 5) is 8.87. The zero-order valence-corrected chi connectivity index (χ0v) is 12.6. The molecule has 4 heteroatoms. The lowest BCUT2D eigenvalue weighted by Gasteiger charge is -2.08. The van der Waals surface area contributed by atoms with E-state index in [-0.39, 0.29) is 0 Å². The first kappa shape index (κ1) is 12.8. The summed E-state index contributed by atoms with van der Waals surface area (Å²) in [6, 6.07) is 8.17. The molecule has 2 rings (SSSR count). The van der Waals surface area contributed by atoms with Gasteiger partial charge in [-0.1, -0.05) is 42.8 Å². The average Bonchev–Trinajstić information content (AvgIpc) is 2.35. The van der Waals surface area contributed by atoms with Crippen molar-refractivity contribution in [1.82, 2.24) is 9.97 Å². The van der Waals surface area contributed by atoms with Gasteiger partial charge in [-0.3, -0.25) is 0 Å². The minimum Gasteiger partial charge on any atom is -0.232 e. The molecular formula is C13H12ClIN2. The van der Waals surface area contributed by atoms with E-state index in [0.29, 0.717) is 11.0 Å². The Morgan fingerprint density at radius 2 is 1.94 bits per heavy atom. The highest BCUT2D eigenvalue weighted by Crippen LogP contribution is 2.25. The van der Waals surface area contributed by atoms with Crippen molar-refractivity contribution in [3.8, 4) is 11.4 Å². The monoisotopic (exact) mass is 358 g/mol. The largest absolute Gasteiger partial charge is 0.232 e. The van der Waals surface area contributed by atoms with Gasteiger partial charge in [0.1, 0.15) is 5.15 Å². The lowest BCUT2D eigenvalue weighted by atomic mass is 10.0. The van der Waals surface area contributed by atoms with Crippen LogP contribution in [0.1, 0.15) is 18.2 Å². The normalized spacial score (nSPS) is 10.6. The van der Waals surface area contributed by atoms with Gasteiger partial charge in [0.25, 0.3) is 0 Å². The van der Waals surface area contributed by atoms with Crippen LogP contribution < -0.4 is 0 Å². The molecular weight excluding hydrogens is 347 g/mol. The smallest absolute Gasteiger partial charge is 0.161 e. The van der Waals surface area contributed by atoms with Crippen molar-refractivity contribution in [1.29, 1.82) is 0 Å². The summed E-state index contributed by atoms with van der Waals surface area (Å²) in [5.74, 6) is 0.713. The molecule has 0 N–H and O–H groups in total. The maximum Gasteiger partial charge on any atom is 0.161 e. The Labute approximate surface area is 120 Å². The van der Waals surface area contributed by atoms with Gasteiger partial charge >= 0.3 is 0 Å². The molecule has 17 heavy (non-hydrogen) atoms. The van der Waals surface area contributed by atoms with Gasteiger partial charge in [0, 0.05) is 5.56 Å². The first-order chi connectivity index (χ1) is 8.13. The number of rotatable bonds is 2. The molecule has 0 bridgehead atoms. The van der Waals surface area contributed by atoms with Crippen molar-refractivity contribution >= 4 is 34.2 Å². The van der Waals surface area contributed by atoms with E-state index in [4.69, 9.17) is 11.6 Å². The summed E-state index contributed by atoms with van der Waals surface area (Å²) in [5, 5.41) is 0.527. The van der Waals surface area contributed by atoms with Crippen molar-refractivity contribution in [2.24, 2.45) is 0 Å². The zero-order chi connectivity index (χ0) is 12.4. The predicted octanol–water partition coefficient (Wildman–Crippen LogP) is 4.27. The molecule has 0 radical (unpaired) electrons. The number of halogens is 2. The second kappa shape index (κ2) is 5.31. The van der Waals surface area contributed by atoms with E-state index in [9.17, 15) is 0 Å². The van der Waals surface area contributed by atoms with E-state index in [1.165, 1.54) is 5.56 Å². The van der Waals surface area contributed by atoms with Crippen molar-refractivity contribution in [3.63, 3.8) is 0 Å². The fourth-order valence-electron chi connectivity index (χ4n) is 1.69. The summed E-state index contributed by atoms with van der Waals surface area (Å²) in [6.07, 6.45) is 0.961. The quantitative estimate of drug-likeness (QED) is 0.592. The number of benzene rings is 1. The first-order valence-electron chi connectivity index (χ1n) is 5.41. The summed E-state index contributed by atoms with van der Waals surface area (Å²) in [5.41, 5.74) is 3.23. The van der Waals surface area contributed by atoms with Crippen molar-refractivity contribution < 1.29 is 0 Å². The van der Waals surface area contributed by atoms with Crippen LogP contribution in [0.15, 0.2) is 24.3 Å². The van der Waals surface area contributed by atoms with Crippen LogP contribution in [0.5, 0.6) is 0 Å². The minimum absolute atomic E-state index is 0.527. The first-order valence-corrected chi connectivity index (χ1v) is 6.87. The number of aromatic nitrogens is 2. The van der Waals surface area contributed by atoms with Gasteiger partial charge in [0.15, 0.2) is 5.82 Å². The minimum atomic E-state index is 0.527. The maximum atomic E-state index is 6.11. The van der Waals surface area contributed by atoms with Crippen molar-refractivity contribution in [2.45, 2.75) is 20.3 Å². The average molecular weight is 359 g/mol. The second-order valence-corrected chi connectivity index (χ2v) is 5.18. The van der Waals surface area contributed by atoms with E-state index in [1.54, 1.807) is 0 Å². The number of hydrogen-bond donors (Lipinski definition) is 0. The Balaban J connectivity index is 2.61. The number of nitrogens with zero attached hydrogens (tertiary/aromatic N) is 2. The number of hydrogen-bond acceptors (Lipinski definition) is 2. The molecule has 0 fully saturated rings. The number of aryl methyl sites for hydroxylation is 2. The van der Waals surface area contributed by atoms with Crippen LogP contribution in [0.3, 0.4) is 0 Å². The molecule has 2 aromatic rings. The van der Waals surface area contributed by atoms with E-state index in [0.717, 1.165) is 21.2 Å². The van der Waals surface area contributed by atoms with Crippen LogP contribution in [0, 0.1) is 10.5 Å². The molecule has 0 aliphatic carbocycles. The standard InChI is InChI=1S/C13H12ClIN2/c1-3-9-6-4-5-7-10(9)13-16-8(2)11(15)12(14)17-13/h4-7H,3H2,1-2H3. The lowest BCUT2D eigenvalue weighted by molar-refractivity contribution is 1.07. The molecule has 1 aromatic heterocycles. The molecule has 0 atom stereocenters. The highest BCUT2D eigenvalue weighted by molar-refractivity contribution is 14.1. The van der Waals surface area contributed by atoms with Crippen LogP contribution in [0.25, 0.3) is 11.4 Å². The third-order valence-corrected chi connectivity index (χ3v) is 4.50. The van der Waals surface area contributed by atoms with Crippen LogP contribution >= 0.6 is 34.2 Å². The Bertz CT molecular complexity index is 532. The highest BCUT2D eigenvalue weighted by Gasteiger charge is 2.11. The van der Waals surface area contributed by atoms with Gasteiger partial charge in [0.2, 0.25) is 0 Å². The van der Waals surface area contributed by atoms with E-state index < -0.39 is 0 Å². The van der Waals surface area contributed by atoms with Gasteiger partial charge in [0.05, 0.1) is 9.26 Å². The van der Waals surface area contributed by atoms with Crippen molar-refractivity contribution in [2.75, 3.05) is 0 Å². The molecule has 0 spiro atoms. The fourth-order valence-corrected chi connectivity index (χ4v) is 2.15. The van der Waals surface area contributed by atoms with Gasteiger partial charge in [-0.2, -0.15) is 0 Å². The molecule has 1 heterocycles. The predicted molar refractivity (Wildman–Crippen MR) is 79.3 cm³/mol. The van der Waals surface area contributed by atoms with E-state index in [1.807, 2.05) is 25.1 Å². The van der Waals surface area contributed by atoms with Gasteiger partial charge in [-0.15, -0.1) is 0 Å². The summed E-state index contributed by atoms with van der Waals surface area (Å²) < 4.78 is 0.919. The molecule has 1 aromatic carbocycles. The van der Waals surface area contributed by atoms with Crippen LogP contribution in [-0.4, -0.2) is 9.97 Å². The van der Waals surface area contributed by atoms with Gasteiger partial charge in [-0.25, -0.2) is 9.97 Å². The molecule has 0 amide bonds. The van der Waals surface area contributed by atoms with Crippen molar-refractivity contribution in [3.05, 3.63) is 44.2 Å². The second-order valence-electron chi connectivity index (χ2n) is 3.75. The third-order valence-electron chi connectivity index (χ3n) is 2.62. The van der Waals surface area contributed by atoms with Crippen LogP contribution in [0.2, 0.25) is 5.15 Å². The Kier molecular flexibility index (Phi) is 3.99. The summed E-state index contributed by atoms with van der Waals surface area (Å²) in [7, 11) is 0. The van der Waals surface area contributed by atoms with Gasteiger partial charge < -0.3 is 0 Å². The van der Waals surface area contributed by atoms with E-state index >= 15 is 0 Å². The molecule has 0 aliphatic rings. The van der Waals surface area contributed by atoms with E-state index in [2.05, 4.69) is 45.5 Å². The maximum absolute atomic E-state index is 6.11. The SMILES string of the molecule is CCc1ccccc1-c1nc(C)c(I)c(Cl)n1. The molecule has 0 aliphatic heterocycles. The summed E-state index contributed by atoms with van der Waals surface area (Å²) in [6.45, 7) is 4.08. The molecule has 0 saturated heterocycles. The lowest BCUT2D eigenvalue weighted by Crippen LogP contribution is -1.98. The van der Waals surface area contributed by atoms with Crippen LogP contribution in [0.4, 0.5) is 0 Å². The topological polar surface area (TPSA) is 25.8 Å². The third kappa shape index (κ3) is 2.60. The molecule has 0 unspecified atom stereocenters. The molecule has 2 nitrogen and oxygen atoms in total. The zero-order valence-electron chi connectivity index (χ0n) is 9.67. The Hall–Kier alpha value is -0.680. The molecule has 88 valence electrons. The Morgan fingerprint density at radius 1 is 1.24 bits per heavy atom.